The maximum atomic E-state index is 9.49. The van der Waals surface area contributed by atoms with Gasteiger partial charge in [-0.25, -0.2) is 0 Å². The summed E-state index contributed by atoms with van der Waals surface area (Å²) in [5.41, 5.74) is 3.90. The van der Waals surface area contributed by atoms with Crippen molar-refractivity contribution in [3.05, 3.63) is 89.5 Å². The van der Waals surface area contributed by atoms with Gasteiger partial charge in [-0.3, -0.25) is 0 Å². The van der Waals surface area contributed by atoms with Crippen molar-refractivity contribution in [2.45, 2.75) is 19.3 Å². The molecule has 3 aromatic carbocycles. The molecule has 5 N–H and O–H groups in total. The Labute approximate surface area is 183 Å². The van der Waals surface area contributed by atoms with E-state index in [0.717, 1.165) is 23.1 Å². The molecule has 6 nitrogen and oxygen atoms in total. The third-order valence-electron chi connectivity index (χ3n) is 5.20. The highest BCUT2D eigenvalue weighted by Gasteiger charge is 2.17. The summed E-state index contributed by atoms with van der Waals surface area (Å²) in [6, 6.07) is 22.0. The van der Waals surface area contributed by atoms with Crippen LogP contribution in [-0.4, -0.2) is 47.0 Å². The van der Waals surface area contributed by atoms with Crippen LogP contribution in [0.3, 0.4) is 0 Å². The zero-order valence-electron chi connectivity index (χ0n) is 17.1. The van der Waals surface area contributed by atoms with Gasteiger partial charge in [-0.2, -0.15) is 0 Å². The summed E-state index contributed by atoms with van der Waals surface area (Å²) in [6.07, 6.45) is 2.11. The quantitative estimate of drug-likeness (QED) is 0.280. The molecule has 0 saturated carbocycles. The zero-order chi connectivity index (χ0) is 22.2. The van der Waals surface area contributed by atoms with Crippen LogP contribution < -0.4 is 15.6 Å². The van der Waals surface area contributed by atoms with Crippen molar-refractivity contribution in [3.8, 4) is 5.75 Å². The highest BCUT2D eigenvalue weighted by atomic mass is 16.5. The van der Waals surface area contributed by atoms with E-state index in [-0.39, 0.29) is 13.6 Å². The van der Waals surface area contributed by atoms with E-state index in [1.54, 1.807) is 42.5 Å². The molecule has 0 radical (unpaired) electrons. The molecule has 0 bridgehead atoms. The molecule has 31 heavy (non-hydrogen) atoms. The van der Waals surface area contributed by atoms with Crippen LogP contribution in [0.2, 0.25) is 0 Å². The van der Waals surface area contributed by atoms with E-state index in [9.17, 15) is 20.1 Å². The lowest BCUT2D eigenvalue weighted by Crippen LogP contribution is -2.30. The van der Waals surface area contributed by atoms with E-state index in [4.69, 9.17) is 9.68 Å². The van der Waals surface area contributed by atoms with Crippen LogP contribution in [0.25, 0.3) is 0 Å². The molecule has 3 aromatic rings. The Morgan fingerprint density at radius 2 is 1.13 bits per heavy atom. The van der Waals surface area contributed by atoms with Gasteiger partial charge in [0.05, 0.1) is 0 Å². The van der Waals surface area contributed by atoms with Gasteiger partial charge in [0.25, 0.3) is 0 Å². The number of rotatable bonds is 10. The van der Waals surface area contributed by atoms with Crippen molar-refractivity contribution in [2.75, 3.05) is 0 Å². The van der Waals surface area contributed by atoms with Crippen LogP contribution in [0.4, 0.5) is 0 Å². The predicted molar refractivity (Wildman–Crippen MR) is 124 cm³/mol. The van der Waals surface area contributed by atoms with Crippen molar-refractivity contribution >= 4 is 32.8 Å². The fourth-order valence-electron chi connectivity index (χ4n) is 3.81. The largest absolute Gasteiger partial charge is 0.539 e. The molecule has 3 rings (SSSR count). The van der Waals surface area contributed by atoms with Crippen molar-refractivity contribution in [2.24, 2.45) is 5.92 Å². The van der Waals surface area contributed by atoms with Crippen molar-refractivity contribution < 1.29 is 29.8 Å². The van der Waals surface area contributed by atoms with Gasteiger partial charge in [0, 0.05) is 0 Å². The third-order valence-corrected chi connectivity index (χ3v) is 5.20. The first kappa shape index (κ1) is 23.1. The third kappa shape index (κ3) is 6.99. The van der Waals surface area contributed by atoms with Crippen LogP contribution >= 0.6 is 0 Å². The lowest BCUT2D eigenvalue weighted by atomic mass is 9.77. The first-order chi connectivity index (χ1) is 14.9. The standard InChI is InChI=1S/C22H25B3O6/c26-23-31-22-9-3-6-18(15-22)12-19(10-16-4-1-7-20(13-16)24(27)28)11-17-5-2-8-21(14-17)25(29)30/h1-9,13-15,19,23,26-30H,10-12H2. The molecule has 0 fully saturated rings. The minimum Gasteiger partial charge on any atom is -0.539 e. The molecule has 158 valence electrons. The fraction of sp³-hybridized carbons (Fsp3) is 0.182. The summed E-state index contributed by atoms with van der Waals surface area (Å²) < 4.78 is 5.19. The summed E-state index contributed by atoms with van der Waals surface area (Å²) in [5.74, 6) is 0.746. The summed E-state index contributed by atoms with van der Waals surface area (Å²) in [4.78, 5) is 0. The molecular weight excluding hydrogens is 393 g/mol. The molecule has 0 saturated heterocycles. The van der Waals surface area contributed by atoms with Crippen LogP contribution in [-0.2, 0) is 19.3 Å². The topological polar surface area (TPSA) is 110 Å². The molecule has 0 amide bonds. The van der Waals surface area contributed by atoms with Crippen LogP contribution in [0.5, 0.6) is 5.75 Å². The van der Waals surface area contributed by atoms with E-state index in [2.05, 4.69) is 0 Å². The first-order valence-electron chi connectivity index (χ1n) is 10.2. The van der Waals surface area contributed by atoms with Gasteiger partial charge in [-0.1, -0.05) is 60.7 Å². The van der Waals surface area contributed by atoms with Gasteiger partial charge >= 0.3 is 21.9 Å². The normalized spacial score (nSPS) is 10.8. The van der Waals surface area contributed by atoms with Gasteiger partial charge in [-0.15, -0.1) is 0 Å². The summed E-state index contributed by atoms with van der Waals surface area (Å²) in [5, 5.41) is 47.0. The summed E-state index contributed by atoms with van der Waals surface area (Å²) >= 11 is 0. The Morgan fingerprint density at radius 3 is 1.58 bits per heavy atom. The maximum absolute atomic E-state index is 9.49. The Bertz CT molecular complexity index is 929. The van der Waals surface area contributed by atoms with E-state index >= 15 is 0 Å². The number of benzene rings is 3. The Hall–Kier alpha value is -2.55. The van der Waals surface area contributed by atoms with E-state index < -0.39 is 14.2 Å². The molecule has 9 heteroatoms. The average Bonchev–Trinajstić information content (AvgIpc) is 2.74. The van der Waals surface area contributed by atoms with Crippen LogP contribution in [0, 0.1) is 5.92 Å². The monoisotopic (exact) mass is 418 g/mol. The molecule has 0 heterocycles. The average molecular weight is 418 g/mol. The number of hydrogen-bond acceptors (Lipinski definition) is 6. The van der Waals surface area contributed by atoms with Crippen molar-refractivity contribution in [3.63, 3.8) is 0 Å². The summed E-state index contributed by atoms with van der Waals surface area (Å²) in [7, 11) is -3.43. The molecule has 0 spiro atoms. The second-order valence-electron chi connectivity index (χ2n) is 7.64. The number of hydrogen-bond donors (Lipinski definition) is 5. The lowest BCUT2D eigenvalue weighted by molar-refractivity contribution is 0.424. The van der Waals surface area contributed by atoms with E-state index in [1.165, 1.54) is 0 Å². The van der Waals surface area contributed by atoms with Gasteiger partial charge in [0.15, 0.2) is 0 Å². The first-order valence-corrected chi connectivity index (χ1v) is 10.2. The highest BCUT2D eigenvalue weighted by molar-refractivity contribution is 6.58. The second kappa shape index (κ2) is 11.2. The predicted octanol–water partition coefficient (Wildman–Crippen LogP) is -0.672. The molecule has 0 aliphatic carbocycles. The molecule has 0 aromatic heterocycles. The zero-order valence-corrected chi connectivity index (χ0v) is 17.1. The Balaban J connectivity index is 1.85. The minimum absolute atomic E-state index is 0.154. The Morgan fingerprint density at radius 1 is 0.677 bits per heavy atom. The molecule has 0 aliphatic rings. The molecule has 0 unspecified atom stereocenters. The van der Waals surface area contributed by atoms with Gasteiger partial charge in [0.2, 0.25) is 0 Å². The van der Waals surface area contributed by atoms with Crippen LogP contribution in [0.1, 0.15) is 16.7 Å². The van der Waals surface area contributed by atoms with E-state index in [0.29, 0.717) is 29.5 Å². The maximum Gasteiger partial charge on any atom is 0.504 e. The summed E-state index contributed by atoms with van der Waals surface area (Å²) in [6.45, 7) is 0. The molecule has 0 aliphatic heterocycles. The lowest BCUT2D eigenvalue weighted by Gasteiger charge is -2.19. The van der Waals surface area contributed by atoms with Gasteiger partial charge < -0.3 is 29.8 Å². The van der Waals surface area contributed by atoms with E-state index in [1.807, 2.05) is 30.3 Å². The van der Waals surface area contributed by atoms with Gasteiger partial charge in [0.1, 0.15) is 5.75 Å². The minimum atomic E-state index is -1.52. The molecular formula is C22H25B3O6. The van der Waals surface area contributed by atoms with Crippen molar-refractivity contribution in [1.29, 1.82) is 0 Å². The highest BCUT2D eigenvalue weighted by Crippen LogP contribution is 2.22. The van der Waals surface area contributed by atoms with Crippen LogP contribution in [0.15, 0.2) is 72.8 Å². The smallest absolute Gasteiger partial charge is 0.504 e. The van der Waals surface area contributed by atoms with Gasteiger partial charge in [-0.05, 0) is 64.9 Å². The molecule has 0 atom stereocenters. The fourth-order valence-corrected chi connectivity index (χ4v) is 3.81. The second-order valence-corrected chi connectivity index (χ2v) is 7.64. The Kier molecular flexibility index (Phi) is 8.34. The van der Waals surface area contributed by atoms with Crippen molar-refractivity contribution in [1.82, 2.24) is 0 Å². The SMILES string of the molecule is OBOc1cccc(CC(Cc2cccc(B(O)O)c2)Cc2cccc(B(O)O)c2)c1.